The van der Waals surface area contributed by atoms with Crippen LogP contribution >= 0.6 is 22.6 Å². The molecule has 0 unspecified atom stereocenters. The summed E-state index contributed by atoms with van der Waals surface area (Å²) >= 11 is 2.34. The van der Waals surface area contributed by atoms with Crippen LogP contribution in [0.4, 0.5) is 5.69 Å². The van der Waals surface area contributed by atoms with Crippen LogP contribution in [-0.4, -0.2) is 9.97 Å². The number of anilines is 1. The van der Waals surface area contributed by atoms with Gasteiger partial charge in [0, 0.05) is 21.7 Å². The fraction of sp³-hybridized carbons (Fsp3) is 0.167. The number of halogens is 1. The van der Waals surface area contributed by atoms with Gasteiger partial charge in [-0.15, -0.1) is 0 Å². The first-order valence-electron chi connectivity index (χ1n) is 5.00. The summed E-state index contributed by atoms with van der Waals surface area (Å²) in [5.41, 5.74) is 3.35. The lowest BCUT2D eigenvalue weighted by atomic mass is 10.2. The average Bonchev–Trinajstić information content (AvgIpc) is 2.32. The third-order valence-electron chi connectivity index (χ3n) is 2.26. The zero-order valence-corrected chi connectivity index (χ0v) is 11.1. The maximum atomic E-state index is 4.21. The molecule has 1 N–H and O–H groups in total. The summed E-state index contributed by atoms with van der Waals surface area (Å²) in [7, 11) is 0. The quantitative estimate of drug-likeness (QED) is 0.882. The van der Waals surface area contributed by atoms with Crippen molar-refractivity contribution in [3.05, 3.63) is 51.6 Å². The molecule has 2 rings (SSSR count). The Morgan fingerprint density at radius 1 is 1.31 bits per heavy atom. The van der Waals surface area contributed by atoms with Gasteiger partial charge in [0.25, 0.3) is 0 Å². The van der Waals surface area contributed by atoms with Crippen LogP contribution in [0.5, 0.6) is 0 Å². The van der Waals surface area contributed by atoms with Crippen LogP contribution in [0.25, 0.3) is 0 Å². The Balaban J connectivity index is 2.03. The SMILES string of the molecule is Cc1ccc(NCc2cnccn2)cc1I. The molecule has 0 fully saturated rings. The van der Waals surface area contributed by atoms with Crippen LogP contribution in [0, 0.1) is 10.5 Å². The molecule has 0 saturated heterocycles. The first-order chi connectivity index (χ1) is 7.75. The zero-order chi connectivity index (χ0) is 11.4. The number of aryl methyl sites for hydroxylation is 1. The molecule has 0 aliphatic carbocycles. The minimum atomic E-state index is 0.701. The minimum absolute atomic E-state index is 0.701. The largest absolute Gasteiger partial charge is 0.379 e. The predicted octanol–water partition coefficient (Wildman–Crippen LogP) is 3.00. The maximum absolute atomic E-state index is 4.21. The van der Waals surface area contributed by atoms with Gasteiger partial charge in [-0.05, 0) is 47.2 Å². The van der Waals surface area contributed by atoms with Crippen molar-refractivity contribution in [3.63, 3.8) is 0 Å². The Kier molecular flexibility index (Phi) is 3.71. The summed E-state index contributed by atoms with van der Waals surface area (Å²) in [6.07, 6.45) is 5.15. The van der Waals surface area contributed by atoms with Gasteiger partial charge < -0.3 is 5.32 Å². The molecule has 0 aliphatic rings. The number of hydrogen-bond acceptors (Lipinski definition) is 3. The van der Waals surface area contributed by atoms with Gasteiger partial charge in [-0.25, -0.2) is 0 Å². The van der Waals surface area contributed by atoms with Gasteiger partial charge in [0.05, 0.1) is 18.4 Å². The van der Waals surface area contributed by atoms with E-state index in [-0.39, 0.29) is 0 Å². The third kappa shape index (κ3) is 2.91. The number of benzene rings is 1. The molecule has 0 radical (unpaired) electrons. The number of nitrogens with one attached hydrogen (secondary N) is 1. The van der Waals surface area contributed by atoms with Crippen molar-refractivity contribution in [2.45, 2.75) is 13.5 Å². The lowest BCUT2D eigenvalue weighted by Gasteiger charge is -2.07. The summed E-state index contributed by atoms with van der Waals surface area (Å²) in [6.45, 7) is 2.81. The predicted molar refractivity (Wildman–Crippen MR) is 73.3 cm³/mol. The fourth-order valence-corrected chi connectivity index (χ4v) is 1.83. The number of rotatable bonds is 3. The number of nitrogens with zero attached hydrogens (tertiary/aromatic N) is 2. The van der Waals surface area contributed by atoms with Crippen molar-refractivity contribution in [2.24, 2.45) is 0 Å². The van der Waals surface area contributed by atoms with Gasteiger partial charge in [0.15, 0.2) is 0 Å². The van der Waals surface area contributed by atoms with E-state index < -0.39 is 0 Å². The molecule has 0 atom stereocenters. The smallest absolute Gasteiger partial charge is 0.0777 e. The van der Waals surface area contributed by atoms with E-state index in [4.69, 9.17) is 0 Å². The van der Waals surface area contributed by atoms with Crippen LogP contribution in [0.1, 0.15) is 11.3 Å². The van der Waals surface area contributed by atoms with Crippen molar-refractivity contribution in [2.75, 3.05) is 5.32 Å². The van der Waals surface area contributed by atoms with E-state index >= 15 is 0 Å². The van der Waals surface area contributed by atoms with E-state index in [0.29, 0.717) is 6.54 Å². The summed E-state index contributed by atoms with van der Waals surface area (Å²) in [5, 5.41) is 3.32. The monoisotopic (exact) mass is 325 g/mol. The van der Waals surface area contributed by atoms with Crippen LogP contribution < -0.4 is 5.32 Å². The van der Waals surface area contributed by atoms with E-state index in [1.165, 1.54) is 9.13 Å². The third-order valence-corrected chi connectivity index (χ3v) is 3.42. The molecule has 0 bridgehead atoms. The van der Waals surface area contributed by atoms with Crippen LogP contribution in [0.2, 0.25) is 0 Å². The van der Waals surface area contributed by atoms with Crippen molar-refractivity contribution in [1.29, 1.82) is 0 Å². The average molecular weight is 325 g/mol. The Labute approximate surface area is 108 Å². The fourth-order valence-electron chi connectivity index (χ4n) is 1.32. The number of hydrogen-bond donors (Lipinski definition) is 1. The van der Waals surface area contributed by atoms with Crippen molar-refractivity contribution in [1.82, 2.24) is 9.97 Å². The Morgan fingerprint density at radius 2 is 2.19 bits per heavy atom. The summed E-state index contributed by atoms with van der Waals surface area (Å²) in [4.78, 5) is 8.23. The molecule has 0 saturated carbocycles. The highest BCUT2D eigenvalue weighted by atomic mass is 127. The van der Waals surface area contributed by atoms with E-state index in [2.05, 4.69) is 63.0 Å². The van der Waals surface area contributed by atoms with Gasteiger partial charge >= 0.3 is 0 Å². The molecule has 0 spiro atoms. The first kappa shape index (κ1) is 11.3. The normalized spacial score (nSPS) is 10.1. The van der Waals surface area contributed by atoms with Crippen LogP contribution in [0.15, 0.2) is 36.8 Å². The maximum Gasteiger partial charge on any atom is 0.0777 e. The molecule has 82 valence electrons. The molecule has 0 aliphatic heterocycles. The lowest BCUT2D eigenvalue weighted by Crippen LogP contribution is -2.02. The topological polar surface area (TPSA) is 37.8 Å². The number of aromatic nitrogens is 2. The highest BCUT2D eigenvalue weighted by Crippen LogP contribution is 2.17. The standard InChI is InChI=1S/C12H12IN3/c1-9-2-3-10(6-12(9)13)16-8-11-7-14-4-5-15-11/h2-7,16H,8H2,1H3. The Morgan fingerprint density at radius 3 is 2.88 bits per heavy atom. The summed E-state index contributed by atoms with van der Waals surface area (Å²) < 4.78 is 1.27. The van der Waals surface area contributed by atoms with E-state index in [9.17, 15) is 0 Å². The van der Waals surface area contributed by atoms with E-state index in [0.717, 1.165) is 11.4 Å². The van der Waals surface area contributed by atoms with Crippen molar-refractivity contribution >= 4 is 28.3 Å². The second kappa shape index (κ2) is 5.25. The zero-order valence-electron chi connectivity index (χ0n) is 8.94. The Bertz CT molecular complexity index is 471. The van der Waals surface area contributed by atoms with Crippen LogP contribution in [0.3, 0.4) is 0 Å². The molecule has 1 aromatic heterocycles. The van der Waals surface area contributed by atoms with Crippen LogP contribution in [-0.2, 0) is 6.54 Å². The van der Waals surface area contributed by atoms with Gasteiger partial charge in [0.2, 0.25) is 0 Å². The first-order valence-corrected chi connectivity index (χ1v) is 6.08. The van der Waals surface area contributed by atoms with E-state index in [1.54, 1.807) is 18.6 Å². The van der Waals surface area contributed by atoms with E-state index in [1.807, 2.05) is 0 Å². The summed E-state index contributed by atoms with van der Waals surface area (Å²) in [5.74, 6) is 0. The van der Waals surface area contributed by atoms with Gasteiger partial charge in [0.1, 0.15) is 0 Å². The van der Waals surface area contributed by atoms with Crippen molar-refractivity contribution < 1.29 is 0 Å². The second-order valence-electron chi connectivity index (χ2n) is 3.51. The Hall–Kier alpha value is -1.17. The summed E-state index contributed by atoms with van der Waals surface area (Å²) in [6, 6.07) is 6.32. The highest BCUT2D eigenvalue weighted by Gasteiger charge is 1.98. The van der Waals surface area contributed by atoms with Crippen molar-refractivity contribution in [3.8, 4) is 0 Å². The van der Waals surface area contributed by atoms with Gasteiger partial charge in [-0.3, -0.25) is 9.97 Å². The highest BCUT2D eigenvalue weighted by molar-refractivity contribution is 14.1. The minimum Gasteiger partial charge on any atom is -0.379 e. The molecule has 1 aromatic carbocycles. The molecular weight excluding hydrogens is 313 g/mol. The lowest BCUT2D eigenvalue weighted by molar-refractivity contribution is 1.01. The van der Waals surface area contributed by atoms with Gasteiger partial charge in [-0.1, -0.05) is 6.07 Å². The molecular formula is C12H12IN3. The molecule has 16 heavy (non-hydrogen) atoms. The molecule has 3 nitrogen and oxygen atoms in total. The molecule has 2 aromatic rings. The molecule has 4 heteroatoms. The second-order valence-corrected chi connectivity index (χ2v) is 4.68. The van der Waals surface area contributed by atoms with Gasteiger partial charge in [-0.2, -0.15) is 0 Å². The molecule has 0 amide bonds. The molecule has 1 heterocycles.